The van der Waals surface area contributed by atoms with Gasteiger partial charge in [0.05, 0.1) is 0 Å². The number of rotatable bonds is 4. The Hall–Kier alpha value is -2.07. The molecule has 0 radical (unpaired) electrons. The van der Waals surface area contributed by atoms with Gasteiger partial charge in [0.15, 0.2) is 5.11 Å². The Morgan fingerprint density at radius 3 is 1.96 bits per heavy atom. The van der Waals surface area contributed by atoms with Crippen molar-refractivity contribution in [1.29, 1.82) is 0 Å². The van der Waals surface area contributed by atoms with Crippen molar-refractivity contribution >= 4 is 23.0 Å². The molecule has 4 aliphatic carbocycles. The van der Waals surface area contributed by atoms with E-state index in [9.17, 15) is 0 Å². The SMILES string of the molecule is S=C(Nc1ccc(Oc2ccccc2)cc1)NC12CC3CC(CC(C3)C1)C2. The Labute approximate surface area is 166 Å². The molecule has 4 bridgehead atoms. The molecular weight excluding hydrogens is 352 g/mol. The highest BCUT2D eigenvalue weighted by Crippen LogP contribution is 2.55. The van der Waals surface area contributed by atoms with Gasteiger partial charge in [0.2, 0.25) is 0 Å². The normalized spacial score (nSPS) is 30.7. The number of ether oxygens (including phenoxy) is 1. The summed E-state index contributed by atoms with van der Waals surface area (Å²) in [7, 11) is 0. The predicted molar refractivity (Wildman–Crippen MR) is 113 cm³/mol. The fourth-order valence-corrected chi connectivity index (χ4v) is 6.23. The van der Waals surface area contributed by atoms with Gasteiger partial charge >= 0.3 is 0 Å². The maximum absolute atomic E-state index is 5.85. The molecule has 140 valence electrons. The Morgan fingerprint density at radius 1 is 0.815 bits per heavy atom. The summed E-state index contributed by atoms with van der Waals surface area (Å²) in [6.07, 6.45) is 8.23. The van der Waals surface area contributed by atoms with Gasteiger partial charge in [-0.15, -0.1) is 0 Å². The standard InChI is InChI=1S/C23H26N2OS/c27-22(25-23-13-16-10-17(14-23)12-18(11-16)15-23)24-19-6-8-21(9-7-19)26-20-4-2-1-3-5-20/h1-9,16-18H,10-15H2,(H2,24,25,27). The van der Waals surface area contributed by atoms with Crippen LogP contribution in [-0.2, 0) is 0 Å². The molecule has 0 saturated heterocycles. The van der Waals surface area contributed by atoms with Gasteiger partial charge in [-0.3, -0.25) is 0 Å². The van der Waals surface area contributed by atoms with E-state index >= 15 is 0 Å². The first kappa shape index (κ1) is 17.1. The lowest BCUT2D eigenvalue weighted by Crippen LogP contribution is -2.60. The largest absolute Gasteiger partial charge is 0.457 e. The number of benzene rings is 2. The number of hydrogen-bond acceptors (Lipinski definition) is 2. The Kier molecular flexibility index (Phi) is 4.31. The zero-order chi connectivity index (χ0) is 18.3. The monoisotopic (exact) mass is 378 g/mol. The van der Waals surface area contributed by atoms with Crippen LogP contribution >= 0.6 is 12.2 Å². The van der Waals surface area contributed by atoms with Crippen LogP contribution in [0.25, 0.3) is 0 Å². The van der Waals surface area contributed by atoms with Gasteiger partial charge in [0.1, 0.15) is 11.5 Å². The summed E-state index contributed by atoms with van der Waals surface area (Å²) in [5, 5.41) is 7.85. The summed E-state index contributed by atoms with van der Waals surface area (Å²) < 4.78 is 5.85. The fraction of sp³-hybridized carbons (Fsp3) is 0.435. The van der Waals surface area contributed by atoms with Crippen LogP contribution in [0.5, 0.6) is 11.5 Å². The summed E-state index contributed by atoms with van der Waals surface area (Å²) in [6, 6.07) is 17.8. The summed E-state index contributed by atoms with van der Waals surface area (Å²) in [5.41, 5.74) is 1.24. The van der Waals surface area contributed by atoms with Gasteiger partial charge in [-0.05, 0) is 105 Å². The minimum atomic E-state index is 0.245. The molecule has 27 heavy (non-hydrogen) atoms. The van der Waals surface area contributed by atoms with Gasteiger partial charge in [0.25, 0.3) is 0 Å². The number of anilines is 1. The minimum absolute atomic E-state index is 0.245. The molecule has 0 atom stereocenters. The summed E-state index contributed by atoms with van der Waals surface area (Å²) in [5.74, 6) is 4.42. The maximum atomic E-state index is 5.85. The Morgan fingerprint density at radius 2 is 1.37 bits per heavy atom. The molecule has 2 N–H and O–H groups in total. The van der Waals surface area contributed by atoms with E-state index < -0.39 is 0 Å². The van der Waals surface area contributed by atoms with E-state index in [0.717, 1.165) is 40.1 Å². The lowest BCUT2D eigenvalue weighted by molar-refractivity contribution is -0.00972. The first-order chi connectivity index (χ1) is 13.2. The van der Waals surface area contributed by atoms with Crippen LogP contribution < -0.4 is 15.4 Å². The van der Waals surface area contributed by atoms with E-state index in [4.69, 9.17) is 17.0 Å². The van der Waals surface area contributed by atoms with Crippen LogP contribution in [0.2, 0.25) is 0 Å². The van der Waals surface area contributed by atoms with Gasteiger partial charge < -0.3 is 15.4 Å². The Bertz CT molecular complexity index is 783. The molecule has 3 nitrogen and oxygen atoms in total. The Balaban J connectivity index is 1.20. The molecule has 0 heterocycles. The molecule has 4 saturated carbocycles. The third-order valence-corrected chi connectivity index (χ3v) is 6.71. The van der Waals surface area contributed by atoms with Gasteiger partial charge in [-0.1, -0.05) is 18.2 Å². The average molecular weight is 379 g/mol. The van der Waals surface area contributed by atoms with E-state index in [1.165, 1.54) is 38.5 Å². The van der Waals surface area contributed by atoms with Crippen molar-refractivity contribution in [1.82, 2.24) is 5.32 Å². The molecule has 0 amide bonds. The molecular formula is C23H26N2OS. The number of hydrogen-bond donors (Lipinski definition) is 2. The first-order valence-corrected chi connectivity index (χ1v) is 10.5. The van der Waals surface area contributed by atoms with E-state index in [1.807, 2.05) is 54.6 Å². The molecule has 4 aliphatic rings. The maximum Gasteiger partial charge on any atom is 0.171 e. The summed E-state index contributed by atoms with van der Waals surface area (Å²) >= 11 is 5.66. The molecule has 2 aromatic carbocycles. The van der Waals surface area contributed by atoms with Crippen LogP contribution in [0, 0.1) is 17.8 Å². The van der Waals surface area contributed by atoms with Crippen LogP contribution in [0.4, 0.5) is 5.69 Å². The molecule has 0 aromatic heterocycles. The third-order valence-electron chi connectivity index (χ3n) is 6.51. The zero-order valence-corrected chi connectivity index (χ0v) is 16.3. The average Bonchev–Trinajstić information content (AvgIpc) is 2.62. The number of thiocarbonyl (C=S) groups is 1. The molecule has 0 unspecified atom stereocenters. The quantitative estimate of drug-likeness (QED) is 0.665. The summed E-state index contributed by atoms with van der Waals surface area (Å²) in [6.45, 7) is 0. The minimum Gasteiger partial charge on any atom is -0.457 e. The second-order valence-corrected chi connectivity index (χ2v) is 9.12. The van der Waals surface area contributed by atoms with Crippen LogP contribution in [0.15, 0.2) is 54.6 Å². The molecule has 0 aliphatic heterocycles. The molecule has 4 fully saturated rings. The zero-order valence-electron chi connectivity index (χ0n) is 15.5. The lowest BCUT2D eigenvalue weighted by atomic mass is 9.53. The molecule has 0 spiro atoms. The van der Waals surface area contributed by atoms with Gasteiger partial charge in [-0.2, -0.15) is 0 Å². The fourth-order valence-electron chi connectivity index (χ4n) is 5.90. The molecule has 6 rings (SSSR count). The highest BCUT2D eigenvalue weighted by atomic mass is 32.1. The third kappa shape index (κ3) is 3.68. The highest BCUT2D eigenvalue weighted by molar-refractivity contribution is 7.80. The topological polar surface area (TPSA) is 33.3 Å². The van der Waals surface area contributed by atoms with Crippen molar-refractivity contribution in [2.24, 2.45) is 17.8 Å². The van der Waals surface area contributed by atoms with E-state index in [1.54, 1.807) is 0 Å². The van der Waals surface area contributed by atoms with Crippen molar-refractivity contribution in [2.45, 2.75) is 44.1 Å². The van der Waals surface area contributed by atoms with Crippen molar-refractivity contribution in [3.8, 4) is 11.5 Å². The van der Waals surface area contributed by atoms with E-state index in [0.29, 0.717) is 0 Å². The van der Waals surface area contributed by atoms with Crippen LogP contribution in [0.1, 0.15) is 38.5 Å². The van der Waals surface area contributed by atoms with Crippen LogP contribution in [-0.4, -0.2) is 10.7 Å². The van der Waals surface area contributed by atoms with Crippen molar-refractivity contribution in [3.05, 3.63) is 54.6 Å². The molecule has 4 heteroatoms. The lowest BCUT2D eigenvalue weighted by Gasteiger charge is -2.57. The number of nitrogens with one attached hydrogen (secondary N) is 2. The first-order valence-electron chi connectivity index (χ1n) is 10.1. The van der Waals surface area contributed by atoms with Crippen molar-refractivity contribution in [3.63, 3.8) is 0 Å². The number of para-hydroxylation sites is 1. The van der Waals surface area contributed by atoms with E-state index in [2.05, 4.69) is 10.6 Å². The summed E-state index contributed by atoms with van der Waals surface area (Å²) in [4.78, 5) is 0. The van der Waals surface area contributed by atoms with Crippen molar-refractivity contribution in [2.75, 3.05) is 5.32 Å². The van der Waals surface area contributed by atoms with Gasteiger partial charge in [-0.25, -0.2) is 0 Å². The predicted octanol–water partition coefficient (Wildman–Crippen LogP) is 5.73. The highest BCUT2D eigenvalue weighted by Gasteiger charge is 2.51. The van der Waals surface area contributed by atoms with Crippen LogP contribution in [0.3, 0.4) is 0 Å². The second kappa shape index (κ2) is 6.83. The molecule has 2 aromatic rings. The van der Waals surface area contributed by atoms with Gasteiger partial charge in [0, 0.05) is 11.2 Å². The second-order valence-electron chi connectivity index (χ2n) is 8.72. The van der Waals surface area contributed by atoms with E-state index in [-0.39, 0.29) is 5.54 Å². The smallest absolute Gasteiger partial charge is 0.171 e. The van der Waals surface area contributed by atoms with Crippen molar-refractivity contribution < 1.29 is 4.74 Å².